The molecule has 3 heterocycles. The van der Waals surface area contributed by atoms with Gasteiger partial charge in [-0.2, -0.15) is 16.9 Å². The molecule has 0 spiro atoms. The van der Waals surface area contributed by atoms with Gasteiger partial charge in [-0.1, -0.05) is 6.92 Å². The van der Waals surface area contributed by atoms with Crippen LogP contribution < -0.4 is 0 Å². The first kappa shape index (κ1) is 11.3. The number of aryl methyl sites for hydroxylation is 2. The highest BCUT2D eigenvalue weighted by Crippen LogP contribution is 2.31. The Balaban J connectivity index is 2.26. The number of hydrogen-bond donors (Lipinski definition) is 1. The van der Waals surface area contributed by atoms with Gasteiger partial charge in [-0.25, -0.2) is 0 Å². The van der Waals surface area contributed by atoms with E-state index in [-0.39, 0.29) is 0 Å². The Bertz CT molecular complexity index is 601. The van der Waals surface area contributed by atoms with E-state index >= 15 is 0 Å². The van der Waals surface area contributed by atoms with Crippen molar-refractivity contribution in [3.8, 4) is 0 Å². The van der Waals surface area contributed by atoms with Gasteiger partial charge in [0.05, 0.1) is 5.69 Å². The fourth-order valence-electron chi connectivity index (χ4n) is 2.55. The number of nitrogens with zero attached hydrogens (tertiary/aromatic N) is 3. The lowest BCUT2D eigenvalue weighted by Crippen LogP contribution is -2.10. The molecule has 1 aliphatic rings. The number of aromatic amines is 1. The Labute approximate surface area is 109 Å². The fourth-order valence-corrected chi connectivity index (χ4v) is 4.08. The lowest BCUT2D eigenvalue weighted by atomic mass is 10.2. The van der Waals surface area contributed by atoms with Crippen LogP contribution in [0.25, 0.3) is 11.2 Å². The van der Waals surface area contributed by atoms with E-state index in [1.165, 1.54) is 12.2 Å². The van der Waals surface area contributed by atoms with Crippen LogP contribution in [0.4, 0.5) is 0 Å². The zero-order chi connectivity index (χ0) is 12.0. The van der Waals surface area contributed by atoms with Crippen molar-refractivity contribution in [1.82, 2.24) is 19.3 Å². The monoisotopic (exact) mass is 268 g/mol. The summed E-state index contributed by atoms with van der Waals surface area (Å²) < 4.78 is 5.07. The molecule has 17 heavy (non-hydrogen) atoms. The predicted molar refractivity (Wildman–Crippen MR) is 74.2 cm³/mol. The number of H-pyrrole nitrogens is 1. The fraction of sp³-hybridized carbons (Fsp3) is 0.636. The molecule has 0 aliphatic carbocycles. The molecule has 1 fully saturated rings. The zero-order valence-corrected chi connectivity index (χ0v) is 11.7. The minimum absolute atomic E-state index is 0.529. The number of thioether (sulfide) groups is 1. The summed E-state index contributed by atoms with van der Waals surface area (Å²) in [4.78, 5) is 3.33. The Morgan fingerprint density at radius 3 is 3.06 bits per heavy atom. The first-order valence-corrected chi connectivity index (χ1v) is 7.52. The van der Waals surface area contributed by atoms with Crippen LogP contribution in [0, 0.1) is 4.77 Å². The van der Waals surface area contributed by atoms with Gasteiger partial charge in [0.1, 0.15) is 5.52 Å². The van der Waals surface area contributed by atoms with E-state index in [9.17, 15) is 0 Å². The van der Waals surface area contributed by atoms with Gasteiger partial charge < -0.3 is 4.98 Å². The first-order chi connectivity index (χ1) is 8.22. The molecule has 0 bridgehead atoms. The van der Waals surface area contributed by atoms with Crippen molar-refractivity contribution in [2.24, 2.45) is 7.05 Å². The summed E-state index contributed by atoms with van der Waals surface area (Å²) in [6.07, 6.45) is 2.14. The second-order valence-electron chi connectivity index (χ2n) is 4.44. The molecule has 4 nitrogen and oxygen atoms in total. The molecule has 2 aromatic rings. The average Bonchev–Trinajstić information content (AvgIpc) is 2.96. The van der Waals surface area contributed by atoms with Gasteiger partial charge in [0.2, 0.25) is 0 Å². The molecule has 0 amide bonds. The Morgan fingerprint density at radius 1 is 1.59 bits per heavy atom. The second kappa shape index (κ2) is 4.17. The van der Waals surface area contributed by atoms with Gasteiger partial charge in [-0.15, -0.1) is 0 Å². The molecule has 6 heteroatoms. The molecule has 2 aromatic heterocycles. The van der Waals surface area contributed by atoms with Gasteiger partial charge >= 0.3 is 0 Å². The standard InChI is InChI=1S/C11H16N4S2/c1-3-8-9-10(14(2)13-8)15(11(16)12-9)7-4-5-17-6-7/h7H,3-6H2,1-2H3,(H,12,16). The largest absolute Gasteiger partial charge is 0.328 e. The van der Waals surface area contributed by atoms with Crippen molar-refractivity contribution in [2.75, 3.05) is 11.5 Å². The third-order valence-corrected chi connectivity index (χ3v) is 4.82. The van der Waals surface area contributed by atoms with Crippen LogP contribution in [0.3, 0.4) is 0 Å². The maximum Gasteiger partial charge on any atom is 0.179 e. The van der Waals surface area contributed by atoms with Gasteiger partial charge in [0.25, 0.3) is 0 Å². The summed E-state index contributed by atoms with van der Waals surface area (Å²) in [5, 5.41) is 4.55. The maximum atomic E-state index is 5.47. The van der Waals surface area contributed by atoms with Crippen molar-refractivity contribution in [2.45, 2.75) is 25.8 Å². The van der Waals surface area contributed by atoms with Crippen molar-refractivity contribution in [1.29, 1.82) is 0 Å². The summed E-state index contributed by atoms with van der Waals surface area (Å²) in [5.74, 6) is 2.39. The van der Waals surface area contributed by atoms with Crippen molar-refractivity contribution < 1.29 is 0 Å². The number of aromatic nitrogens is 4. The van der Waals surface area contributed by atoms with E-state index in [4.69, 9.17) is 12.2 Å². The van der Waals surface area contributed by atoms with Crippen LogP contribution in [-0.2, 0) is 13.5 Å². The van der Waals surface area contributed by atoms with Crippen LogP contribution in [0.15, 0.2) is 0 Å². The zero-order valence-electron chi connectivity index (χ0n) is 10.1. The summed E-state index contributed by atoms with van der Waals surface area (Å²) >= 11 is 7.47. The first-order valence-electron chi connectivity index (χ1n) is 5.96. The van der Waals surface area contributed by atoms with Crippen molar-refractivity contribution in [3.63, 3.8) is 0 Å². The van der Waals surface area contributed by atoms with E-state index in [1.54, 1.807) is 0 Å². The number of nitrogens with one attached hydrogen (secondary N) is 1. The van der Waals surface area contributed by atoms with E-state index in [1.807, 2.05) is 23.5 Å². The quantitative estimate of drug-likeness (QED) is 0.851. The van der Waals surface area contributed by atoms with Crippen LogP contribution in [-0.4, -0.2) is 30.8 Å². The lowest BCUT2D eigenvalue weighted by molar-refractivity contribution is 0.552. The molecule has 0 aromatic carbocycles. The van der Waals surface area contributed by atoms with Crippen LogP contribution >= 0.6 is 24.0 Å². The van der Waals surface area contributed by atoms with Gasteiger partial charge in [-0.3, -0.25) is 9.25 Å². The highest BCUT2D eigenvalue weighted by Gasteiger charge is 2.23. The van der Waals surface area contributed by atoms with Crippen LogP contribution in [0.1, 0.15) is 25.1 Å². The van der Waals surface area contributed by atoms with Gasteiger partial charge in [0.15, 0.2) is 10.4 Å². The smallest absolute Gasteiger partial charge is 0.179 e. The number of imidazole rings is 1. The molecule has 1 saturated heterocycles. The highest BCUT2D eigenvalue weighted by molar-refractivity contribution is 7.99. The molecule has 1 atom stereocenters. The summed E-state index contributed by atoms with van der Waals surface area (Å²) in [6.45, 7) is 2.13. The normalized spacial score (nSPS) is 20.5. The van der Waals surface area contributed by atoms with Gasteiger partial charge in [-0.05, 0) is 30.8 Å². The van der Waals surface area contributed by atoms with E-state index < -0.39 is 0 Å². The molecule has 3 rings (SSSR count). The lowest BCUT2D eigenvalue weighted by Gasteiger charge is -2.11. The molecule has 0 saturated carbocycles. The number of fused-ring (bicyclic) bond motifs is 1. The molecular weight excluding hydrogens is 252 g/mol. The maximum absolute atomic E-state index is 5.47. The van der Waals surface area contributed by atoms with Gasteiger partial charge in [0, 0.05) is 18.8 Å². The number of hydrogen-bond acceptors (Lipinski definition) is 3. The Hall–Kier alpha value is -0.750. The third kappa shape index (κ3) is 1.65. The van der Waals surface area contributed by atoms with Crippen molar-refractivity contribution in [3.05, 3.63) is 10.5 Å². The molecule has 1 unspecified atom stereocenters. The minimum Gasteiger partial charge on any atom is -0.328 e. The molecule has 1 aliphatic heterocycles. The van der Waals surface area contributed by atoms with E-state index in [0.29, 0.717) is 6.04 Å². The van der Waals surface area contributed by atoms with E-state index in [0.717, 1.165) is 33.8 Å². The molecule has 1 N–H and O–H groups in total. The Kier molecular flexibility index (Phi) is 2.78. The van der Waals surface area contributed by atoms with Crippen LogP contribution in [0.5, 0.6) is 0 Å². The molecular formula is C11H16N4S2. The number of rotatable bonds is 2. The third-order valence-electron chi connectivity index (χ3n) is 3.37. The molecule has 0 radical (unpaired) electrons. The minimum atomic E-state index is 0.529. The average molecular weight is 268 g/mol. The topological polar surface area (TPSA) is 38.5 Å². The Morgan fingerprint density at radius 2 is 2.41 bits per heavy atom. The summed E-state index contributed by atoms with van der Waals surface area (Å²) in [6, 6.07) is 0.529. The summed E-state index contributed by atoms with van der Waals surface area (Å²) in [5.41, 5.74) is 3.38. The second-order valence-corrected chi connectivity index (χ2v) is 5.98. The van der Waals surface area contributed by atoms with E-state index in [2.05, 4.69) is 21.6 Å². The highest BCUT2D eigenvalue weighted by atomic mass is 32.2. The van der Waals surface area contributed by atoms with Crippen LogP contribution in [0.2, 0.25) is 0 Å². The SMILES string of the molecule is CCc1nn(C)c2c1[nH]c(=S)n2C1CCSC1. The van der Waals surface area contributed by atoms with Crippen molar-refractivity contribution >= 4 is 35.1 Å². The predicted octanol–water partition coefficient (Wildman–Crippen LogP) is 2.67. The molecule has 92 valence electrons. The summed E-state index contributed by atoms with van der Waals surface area (Å²) in [7, 11) is 2.00.